The fourth-order valence-corrected chi connectivity index (χ4v) is 4.77. The van der Waals surface area contributed by atoms with Gasteiger partial charge in [0.25, 0.3) is 0 Å². The third-order valence-electron chi connectivity index (χ3n) is 4.08. The van der Waals surface area contributed by atoms with Crippen molar-refractivity contribution in [1.29, 1.82) is 0 Å². The van der Waals surface area contributed by atoms with Gasteiger partial charge in [0.15, 0.2) is 0 Å². The molecule has 1 aliphatic rings. The van der Waals surface area contributed by atoms with Gasteiger partial charge in [0, 0.05) is 13.6 Å². The van der Waals surface area contributed by atoms with Crippen LogP contribution in [0.5, 0.6) is 0 Å². The van der Waals surface area contributed by atoms with Gasteiger partial charge in [-0.2, -0.15) is 0 Å². The lowest BCUT2D eigenvalue weighted by Crippen LogP contribution is -2.32. The normalized spacial score (nSPS) is 17.1. The van der Waals surface area contributed by atoms with Gasteiger partial charge in [-0.1, -0.05) is 12.8 Å². The predicted molar refractivity (Wildman–Crippen MR) is 77.6 cm³/mol. The van der Waals surface area contributed by atoms with E-state index in [1.165, 1.54) is 29.3 Å². The highest BCUT2D eigenvalue weighted by Crippen LogP contribution is 2.29. The van der Waals surface area contributed by atoms with Crippen LogP contribution >= 0.6 is 0 Å². The standard InChI is InChI=1S/C15H22FNO2S/c1-11-8-14(16)9-12(2)15(11)20(18,19)17(3)10-13-6-4-5-7-13/h8-9,13H,4-7,10H2,1-3H3. The molecule has 0 amide bonds. The summed E-state index contributed by atoms with van der Waals surface area (Å²) in [5.41, 5.74) is 0.946. The molecule has 112 valence electrons. The summed E-state index contributed by atoms with van der Waals surface area (Å²) in [5.74, 6) is 0.0632. The first-order valence-electron chi connectivity index (χ1n) is 7.05. The first-order chi connectivity index (χ1) is 9.32. The lowest BCUT2D eigenvalue weighted by Gasteiger charge is -2.22. The molecule has 1 fully saturated rings. The third kappa shape index (κ3) is 3.04. The lowest BCUT2D eigenvalue weighted by atomic mass is 10.1. The number of sulfonamides is 1. The molecule has 5 heteroatoms. The van der Waals surface area contributed by atoms with E-state index < -0.39 is 15.8 Å². The van der Waals surface area contributed by atoms with E-state index in [2.05, 4.69) is 0 Å². The number of hydrogen-bond acceptors (Lipinski definition) is 2. The van der Waals surface area contributed by atoms with Gasteiger partial charge in [0.05, 0.1) is 4.90 Å². The summed E-state index contributed by atoms with van der Waals surface area (Å²) in [6.07, 6.45) is 4.57. The van der Waals surface area contributed by atoms with Gasteiger partial charge in [0.2, 0.25) is 10.0 Å². The van der Waals surface area contributed by atoms with E-state index in [4.69, 9.17) is 0 Å². The van der Waals surface area contributed by atoms with Gasteiger partial charge in [-0.3, -0.25) is 0 Å². The predicted octanol–water partition coefficient (Wildman–Crippen LogP) is 3.25. The largest absolute Gasteiger partial charge is 0.243 e. The molecule has 1 aromatic rings. The summed E-state index contributed by atoms with van der Waals surface area (Å²) in [7, 11) is -1.92. The molecule has 0 aliphatic heterocycles. The molecule has 20 heavy (non-hydrogen) atoms. The van der Waals surface area contributed by atoms with Crippen molar-refractivity contribution in [3.05, 3.63) is 29.1 Å². The second kappa shape index (κ2) is 5.82. The Hall–Kier alpha value is -0.940. The van der Waals surface area contributed by atoms with Crippen LogP contribution in [0.4, 0.5) is 4.39 Å². The first-order valence-corrected chi connectivity index (χ1v) is 8.49. The van der Waals surface area contributed by atoms with Crippen LogP contribution < -0.4 is 0 Å². The summed E-state index contributed by atoms with van der Waals surface area (Å²) < 4.78 is 40.1. The minimum Gasteiger partial charge on any atom is -0.207 e. The van der Waals surface area contributed by atoms with Crippen LogP contribution in [0.15, 0.2) is 17.0 Å². The molecule has 0 radical (unpaired) electrons. The molecule has 0 atom stereocenters. The van der Waals surface area contributed by atoms with Crippen LogP contribution in [0.3, 0.4) is 0 Å². The number of aryl methyl sites for hydroxylation is 2. The second-order valence-corrected chi connectivity index (χ2v) is 7.79. The average molecular weight is 299 g/mol. The number of rotatable bonds is 4. The summed E-state index contributed by atoms with van der Waals surface area (Å²) in [4.78, 5) is 0.249. The van der Waals surface area contributed by atoms with Crippen molar-refractivity contribution < 1.29 is 12.8 Å². The molecule has 0 spiro atoms. The average Bonchev–Trinajstić information content (AvgIpc) is 2.79. The van der Waals surface area contributed by atoms with E-state index in [1.807, 2.05) is 0 Å². The fourth-order valence-electron chi connectivity index (χ4n) is 3.11. The van der Waals surface area contributed by atoms with Crippen LogP contribution in [-0.4, -0.2) is 26.3 Å². The Morgan fingerprint density at radius 1 is 1.20 bits per heavy atom. The van der Waals surface area contributed by atoms with Crippen molar-refractivity contribution in [3.63, 3.8) is 0 Å². The Morgan fingerprint density at radius 3 is 2.20 bits per heavy atom. The number of hydrogen-bond donors (Lipinski definition) is 0. The minimum absolute atomic E-state index is 0.249. The van der Waals surface area contributed by atoms with Crippen molar-refractivity contribution >= 4 is 10.0 Å². The molecular formula is C15H22FNO2S. The van der Waals surface area contributed by atoms with Gasteiger partial charge >= 0.3 is 0 Å². The Balaban J connectivity index is 2.29. The monoisotopic (exact) mass is 299 g/mol. The zero-order valence-electron chi connectivity index (χ0n) is 12.3. The van der Waals surface area contributed by atoms with E-state index in [1.54, 1.807) is 20.9 Å². The van der Waals surface area contributed by atoms with Crippen LogP contribution in [0.1, 0.15) is 36.8 Å². The van der Waals surface area contributed by atoms with Gasteiger partial charge in [-0.05, 0) is 55.9 Å². The van der Waals surface area contributed by atoms with E-state index in [0.717, 1.165) is 12.8 Å². The molecule has 2 rings (SSSR count). The first kappa shape index (κ1) is 15.4. The molecule has 0 N–H and O–H groups in total. The number of benzene rings is 1. The number of halogens is 1. The fraction of sp³-hybridized carbons (Fsp3) is 0.600. The minimum atomic E-state index is -3.54. The SMILES string of the molecule is Cc1cc(F)cc(C)c1S(=O)(=O)N(C)CC1CCCC1. The summed E-state index contributed by atoms with van der Waals surface area (Å²) >= 11 is 0. The van der Waals surface area contributed by atoms with E-state index >= 15 is 0 Å². The number of nitrogens with zero attached hydrogens (tertiary/aromatic N) is 1. The summed E-state index contributed by atoms with van der Waals surface area (Å²) in [5, 5.41) is 0. The van der Waals surface area contributed by atoms with Crippen molar-refractivity contribution in [3.8, 4) is 0 Å². The molecule has 0 unspecified atom stereocenters. The Labute approximate surface area is 120 Å². The van der Waals surface area contributed by atoms with E-state index in [-0.39, 0.29) is 4.90 Å². The maximum Gasteiger partial charge on any atom is 0.243 e. The molecule has 1 saturated carbocycles. The second-order valence-electron chi connectivity index (χ2n) is 5.80. The van der Waals surface area contributed by atoms with Crippen LogP contribution in [0, 0.1) is 25.6 Å². The van der Waals surface area contributed by atoms with Crippen molar-refractivity contribution in [1.82, 2.24) is 4.31 Å². The molecule has 0 heterocycles. The maximum absolute atomic E-state index is 13.3. The molecule has 1 aliphatic carbocycles. The van der Waals surface area contributed by atoms with Crippen molar-refractivity contribution in [2.24, 2.45) is 5.92 Å². The molecule has 1 aromatic carbocycles. The van der Waals surface area contributed by atoms with Crippen LogP contribution in [-0.2, 0) is 10.0 Å². The van der Waals surface area contributed by atoms with Gasteiger partial charge < -0.3 is 0 Å². The third-order valence-corrected chi connectivity index (χ3v) is 6.21. The maximum atomic E-state index is 13.3. The van der Waals surface area contributed by atoms with Gasteiger partial charge in [0.1, 0.15) is 5.82 Å². The zero-order valence-corrected chi connectivity index (χ0v) is 13.1. The van der Waals surface area contributed by atoms with E-state index in [9.17, 15) is 12.8 Å². The zero-order chi connectivity index (χ0) is 14.9. The molecule has 3 nitrogen and oxygen atoms in total. The topological polar surface area (TPSA) is 37.4 Å². The van der Waals surface area contributed by atoms with E-state index in [0.29, 0.717) is 23.6 Å². The Kier molecular flexibility index (Phi) is 4.49. The molecule has 0 bridgehead atoms. The lowest BCUT2D eigenvalue weighted by molar-refractivity contribution is 0.387. The van der Waals surface area contributed by atoms with Crippen molar-refractivity contribution in [2.45, 2.75) is 44.4 Å². The summed E-state index contributed by atoms with van der Waals surface area (Å²) in [6.45, 7) is 3.84. The summed E-state index contributed by atoms with van der Waals surface area (Å²) in [6, 6.07) is 2.56. The van der Waals surface area contributed by atoms with Gasteiger partial charge in [-0.15, -0.1) is 0 Å². The molecule has 0 aromatic heterocycles. The quantitative estimate of drug-likeness (QED) is 0.856. The van der Waals surface area contributed by atoms with Crippen LogP contribution in [0.2, 0.25) is 0 Å². The van der Waals surface area contributed by atoms with Crippen LogP contribution in [0.25, 0.3) is 0 Å². The van der Waals surface area contributed by atoms with Gasteiger partial charge in [-0.25, -0.2) is 17.1 Å². The molecule has 0 saturated heterocycles. The highest BCUT2D eigenvalue weighted by molar-refractivity contribution is 7.89. The highest BCUT2D eigenvalue weighted by atomic mass is 32.2. The molecular weight excluding hydrogens is 277 g/mol. The Bertz CT molecular complexity index is 569. The highest BCUT2D eigenvalue weighted by Gasteiger charge is 2.28. The Morgan fingerprint density at radius 2 is 1.70 bits per heavy atom. The smallest absolute Gasteiger partial charge is 0.207 e. The van der Waals surface area contributed by atoms with Crippen molar-refractivity contribution in [2.75, 3.05) is 13.6 Å².